The van der Waals surface area contributed by atoms with Crippen LogP contribution in [0.3, 0.4) is 0 Å². The number of benzene rings is 2. The number of esters is 1. The van der Waals surface area contributed by atoms with Gasteiger partial charge in [0.15, 0.2) is 5.96 Å². The van der Waals surface area contributed by atoms with E-state index in [-0.39, 0.29) is 29.8 Å². The second-order valence-corrected chi connectivity index (χ2v) is 11.6. The van der Waals surface area contributed by atoms with Gasteiger partial charge in [-0.05, 0) is 71.3 Å². The van der Waals surface area contributed by atoms with Crippen LogP contribution in [0.1, 0.15) is 18.4 Å². The molecule has 11 heteroatoms. The standard InChI is InChI=1S/C24H28IN5O4S/c25-18-7-9-19(10-8-18)35(32,33)29-22(12-17-13-28-21-6-2-1-5-20(17)21)23(31)34-15-16-4-3-11-30(14-16)24(26)27/h1-2,5-10,13,16,22,28-29H,3-4,11-12,14-15H2,(H3,26,27)/t16-,22-/m1/s1. The number of carbonyl (C=O) groups excluding carboxylic acids is 1. The van der Waals surface area contributed by atoms with Crippen LogP contribution in [0, 0.1) is 14.9 Å². The third-order valence-corrected chi connectivity index (χ3v) is 8.33. The molecule has 9 nitrogen and oxygen atoms in total. The highest BCUT2D eigenvalue weighted by Gasteiger charge is 2.30. The Morgan fingerprint density at radius 3 is 2.74 bits per heavy atom. The van der Waals surface area contributed by atoms with Gasteiger partial charge in [-0.1, -0.05) is 18.2 Å². The summed E-state index contributed by atoms with van der Waals surface area (Å²) in [7, 11) is -3.96. The number of H-pyrrole nitrogens is 1. The minimum absolute atomic E-state index is 0.00326. The van der Waals surface area contributed by atoms with Gasteiger partial charge in [0.2, 0.25) is 10.0 Å². The molecule has 5 N–H and O–H groups in total. The first-order valence-electron chi connectivity index (χ1n) is 11.3. The maximum absolute atomic E-state index is 13.2. The van der Waals surface area contributed by atoms with Gasteiger partial charge in [-0.15, -0.1) is 0 Å². The normalized spacial score (nSPS) is 17.3. The summed E-state index contributed by atoms with van der Waals surface area (Å²) in [5, 5.41) is 8.57. The average molecular weight is 609 g/mol. The van der Waals surface area contributed by atoms with Crippen molar-refractivity contribution in [1.29, 1.82) is 5.41 Å². The van der Waals surface area contributed by atoms with Crippen molar-refractivity contribution in [3.63, 3.8) is 0 Å². The summed E-state index contributed by atoms with van der Waals surface area (Å²) in [6, 6.07) is 13.0. The molecule has 1 saturated heterocycles. The van der Waals surface area contributed by atoms with Crippen molar-refractivity contribution in [1.82, 2.24) is 14.6 Å². The van der Waals surface area contributed by atoms with E-state index in [0.717, 1.165) is 32.9 Å². The van der Waals surface area contributed by atoms with E-state index in [4.69, 9.17) is 15.9 Å². The number of rotatable bonds is 8. The van der Waals surface area contributed by atoms with Crippen LogP contribution in [0.15, 0.2) is 59.6 Å². The Balaban J connectivity index is 1.52. The molecular weight excluding hydrogens is 581 g/mol. The SMILES string of the molecule is N=C(N)N1CCC[C@@H](COC(=O)[C@@H](Cc2c[nH]c3ccccc23)NS(=O)(=O)c2ccc(I)cc2)C1. The molecule has 3 aromatic rings. The van der Waals surface area contributed by atoms with Crippen molar-refractivity contribution >= 4 is 55.4 Å². The highest BCUT2D eigenvalue weighted by molar-refractivity contribution is 14.1. The second kappa shape index (κ2) is 11.0. The molecule has 0 amide bonds. The lowest BCUT2D eigenvalue weighted by molar-refractivity contribution is -0.147. The molecule has 0 unspecified atom stereocenters. The molecule has 2 atom stereocenters. The second-order valence-electron chi connectivity index (χ2n) is 8.66. The number of para-hydroxylation sites is 1. The van der Waals surface area contributed by atoms with Gasteiger partial charge in [0, 0.05) is 46.1 Å². The van der Waals surface area contributed by atoms with E-state index in [1.165, 1.54) is 12.1 Å². The van der Waals surface area contributed by atoms with Crippen LogP contribution in [0.25, 0.3) is 10.9 Å². The number of likely N-dealkylation sites (tertiary alicyclic amines) is 1. The van der Waals surface area contributed by atoms with Crippen molar-refractivity contribution < 1.29 is 17.9 Å². The minimum atomic E-state index is -3.96. The van der Waals surface area contributed by atoms with Gasteiger partial charge in [-0.3, -0.25) is 10.2 Å². The number of fused-ring (bicyclic) bond motifs is 1. The molecule has 0 saturated carbocycles. The number of guanidine groups is 1. The van der Waals surface area contributed by atoms with Crippen LogP contribution < -0.4 is 10.5 Å². The zero-order valence-corrected chi connectivity index (χ0v) is 22.0. The van der Waals surface area contributed by atoms with E-state index in [0.29, 0.717) is 13.1 Å². The van der Waals surface area contributed by atoms with E-state index in [1.807, 2.05) is 24.3 Å². The van der Waals surface area contributed by atoms with E-state index < -0.39 is 22.0 Å². The van der Waals surface area contributed by atoms with E-state index in [9.17, 15) is 13.2 Å². The average Bonchev–Trinajstić information content (AvgIpc) is 3.25. The number of nitrogens with two attached hydrogens (primary N) is 1. The van der Waals surface area contributed by atoms with Crippen LogP contribution in [-0.4, -0.2) is 56.0 Å². The minimum Gasteiger partial charge on any atom is -0.464 e. The van der Waals surface area contributed by atoms with Crippen LogP contribution in [-0.2, 0) is 26.0 Å². The molecule has 0 spiro atoms. The molecule has 0 aliphatic carbocycles. The Hall–Kier alpha value is -2.64. The van der Waals surface area contributed by atoms with Crippen LogP contribution >= 0.6 is 22.6 Å². The molecule has 0 radical (unpaired) electrons. The fourth-order valence-electron chi connectivity index (χ4n) is 4.28. The lowest BCUT2D eigenvalue weighted by atomic mass is 9.99. The summed E-state index contributed by atoms with van der Waals surface area (Å²) in [4.78, 5) is 18.2. The highest BCUT2D eigenvalue weighted by atomic mass is 127. The molecule has 1 fully saturated rings. The smallest absolute Gasteiger partial charge is 0.324 e. The van der Waals surface area contributed by atoms with E-state index in [1.54, 1.807) is 23.2 Å². The van der Waals surface area contributed by atoms with Crippen LogP contribution in [0.2, 0.25) is 0 Å². The molecule has 2 heterocycles. The number of piperidine rings is 1. The number of ether oxygens (including phenoxy) is 1. The molecule has 35 heavy (non-hydrogen) atoms. The fourth-order valence-corrected chi connectivity index (χ4v) is 5.83. The lowest BCUT2D eigenvalue weighted by Gasteiger charge is -2.32. The van der Waals surface area contributed by atoms with Crippen LogP contribution in [0.5, 0.6) is 0 Å². The summed E-state index contributed by atoms with van der Waals surface area (Å²) in [6.07, 6.45) is 3.62. The molecule has 1 aliphatic heterocycles. The Bertz CT molecular complexity index is 1310. The van der Waals surface area contributed by atoms with Crippen molar-refractivity contribution in [2.75, 3.05) is 19.7 Å². The first-order valence-corrected chi connectivity index (χ1v) is 13.9. The number of halogens is 1. The first-order chi connectivity index (χ1) is 16.7. The molecule has 0 bridgehead atoms. The number of nitrogens with zero attached hydrogens (tertiary/aromatic N) is 1. The Labute approximate surface area is 218 Å². The molecule has 1 aromatic heterocycles. The maximum atomic E-state index is 13.2. The summed E-state index contributed by atoms with van der Waals surface area (Å²) in [6.45, 7) is 1.38. The van der Waals surface area contributed by atoms with Gasteiger partial charge in [0.1, 0.15) is 6.04 Å². The summed E-state index contributed by atoms with van der Waals surface area (Å²) in [5.41, 5.74) is 7.33. The van der Waals surface area contributed by atoms with Crippen molar-refractivity contribution in [2.24, 2.45) is 11.7 Å². The number of hydrogen-bond acceptors (Lipinski definition) is 5. The Morgan fingerprint density at radius 2 is 2.00 bits per heavy atom. The molecule has 186 valence electrons. The zero-order valence-electron chi connectivity index (χ0n) is 19.0. The van der Waals surface area contributed by atoms with E-state index in [2.05, 4.69) is 32.3 Å². The Morgan fingerprint density at radius 1 is 1.26 bits per heavy atom. The molecule has 1 aliphatic rings. The van der Waals surface area contributed by atoms with Crippen molar-refractivity contribution in [3.05, 3.63) is 63.9 Å². The monoisotopic (exact) mass is 609 g/mol. The van der Waals surface area contributed by atoms with Gasteiger partial charge in [-0.25, -0.2) is 8.42 Å². The molecule has 4 rings (SSSR count). The molecule has 2 aromatic carbocycles. The topological polar surface area (TPSA) is 141 Å². The number of nitrogens with one attached hydrogen (secondary N) is 3. The number of sulfonamides is 1. The van der Waals surface area contributed by atoms with Gasteiger partial charge in [0.25, 0.3) is 0 Å². The van der Waals surface area contributed by atoms with Crippen molar-refractivity contribution in [3.8, 4) is 0 Å². The number of aromatic nitrogens is 1. The first kappa shape index (κ1) is 25.5. The zero-order chi connectivity index (χ0) is 25.0. The van der Waals surface area contributed by atoms with Gasteiger partial charge >= 0.3 is 5.97 Å². The maximum Gasteiger partial charge on any atom is 0.324 e. The summed E-state index contributed by atoms with van der Waals surface area (Å²) >= 11 is 2.10. The number of carbonyl (C=O) groups is 1. The summed E-state index contributed by atoms with van der Waals surface area (Å²) in [5.74, 6) is -0.606. The molecular formula is C24H28IN5O4S. The number of hydrogen-bond donors (Lipinski definition) is 4. The van der Waals surface area contributed by atoms with Gasteiger partial charge in [0.05, 0.1) is 11.5 Å². The third kappa shape index (κ3) is 6.33. The van der Waals surface area contributed by atoms with Crippen LogP contribution in [0.4, 0.5) is 0 Å². The lowest BCUT2D eigenvalue weighted by Crippen LogP contribution is -2.46. The fraction of sp³-hybridized carbons (Fsp3) is 0.333. The largest absolute Gasteiger partial charge is 0.464 e. The van der Waals surface area contributed by atoms with Crippen molar-refractivity contribution in [2.45, 2.75) is 30.2 Å². The van der Waals surface area contributed by atoms with Gasteiger partial charge in [-0.2, -0.15) is 4.72 Å². The predicted molar refractivity (Wildman–Crippen MR) is 142 cm³/mol. The predicted octanol–water partition coefficient (Wildman–Crippen LogP) is 2.81. The van der Waals surface area contributed by atoms with Gasteiger partial charge < -0.3 is 20.4 Å². The van der Waals surface area contributed by atoms with E-state index >= 15 is 0 Å². The quantitative estimate of drug-likeness (QED) is 0.134. The summed E-state index contributed by atoms with van der Waals surface area (Å²) < 4.78 is 35.3. The number of aromatic amines is 1. The highest BCUT2D eigenvalue weighted by Crippen LogP contribution is 2.22. The Kier molecular flexibility index (Phi) is 7.97. The third-order valence-electron chi connectivity index (χ3n) is 6.13.